The van der Waals surface area contributed by atoms with E-state index in [0.717, 1.165) is 19.3 Å². The van der Waals surface area contributed by atoms with Crippen LogP contribution in [0.2, 0.25) is 0 Å². The smallest absolute Gasteiger partial charge is 0.260 e. The molecule has 1 fully saturated rings. The zero-order chi connectivity index (χ0) is 22.2. The zero-order valence-electron chi connectivity index (χ0n) is 18.7. The molecule has 1 aliphatic rings. The van der Waals surface area contributed by atoms with Crippen LogP contribution in [0.3, 0.4) is 0 Å². The first kappa shape index (κ1) is 20.7. The van der Waals surface area contributed by atoms with Gasteiger partial charge in [-0.1, -0.05) is 57.0 Å². The van der Waals surface area contributed by atoms with E-state index in [0.29, 0.717) is 40.2 Å². The van der Waals surface area contributed by atoms with Crippen molar-refractivity contribution in [2.45, 2.75) is 52.1 Å². The van der Waals surface area contributed by atoms with Gasteiger partial charge in [-0.25, -0.2) is 4.98 Å². The quantitative estimate of drug-likeness (QED) is 0.433. The monoisotopic (exact) mass is 427 g/mol. The molecule has 0 radical (unpaired) electrons. The minimum absolute atomic E-state index is 0.0399. The standard InChI is InChI=1S/C27H29N3O2/c1-18-7-6-10-25(19(18)2)30-16-13-24-22(27(30)32)17-21-23(28-24)12-15-29(26(21)31)14-11-20-8-4-3-5-9-20/h3-5,8-9,12-13,15-19,25H,6-7,10-11,14H2,1-2H3/t18-,19+,25+/m1/s1. The summed E-state index contributed by atoms with van der Waals surface area (Å²) in [5.74, 6) is 1.05. The van der Waals surface area contributed by atoms with Gasteiger partial charge >= 0.3 is 0 Å². The Morgan fingerprint density at radius 2 is 1.62 bits per heavy atom. The predicted octanol–water partition coefficient (Wildman–Crippen LogP) is 4.95. The van der Waals surface area contributed by atoms with Gasteiger partial charge in [0.2, 0.25) is 0 Å². The van der Waals surface area contributed by atoms with Crippen LogP contribution in [-0.4, -0.2) is 14.1 Å². The van der Waals surface area contributed by atoms with Gasteiger partial charge in [0.05, 0.1) is 21.8 Å². The molecule has 3 aromatic heterocycles. The molecule has 4 aromatic rings. The molecule has 1 aliphatic carbocycles. The maximum Gasteiger partial charge on any atom is 0.260 e. The normalized spacial score (nSPS) is 21.2. The molecule has 32 heavy (non-hydrogen) atoms. The highest BCUT2D eigenvalue weighted by Gasteiger charge is 2.29. The molecule has 0 spiro atoms. The maximum absolute atomic E-state index is 13.4. The van der Waals surface area contributed by atoms with E-state index in [2.05, 4.69) is 31.0 Å². The lowest BCUT2D eigenvalue weighted by Gasteiger charge is -2.35. The second-order valence-corrected chi connectivity index (χ2v) is 9.27. The molecule has 0 unspecified atom stereocenters. The second-order valence-electron chi connectivity index (χ2n) is 9.27. The molecule has 0 saturated heterocycles. The zero-order valence-corrected chi connectivity index (χ0v) is 18.7. The average Bonchev–Trinajstić information content (AvgIpc) is 2.81. The third kappa shape index (κ3) is 3.66. The van der Waals surface area contributed by atoms with Crippen molar-refractivity contribution in [2.24, 2.45) is 11.8 Å². The van der Waals surface area contributed by atoms with E-state index in [-0.39, 0.29) is 17.2 Å². The van der Waals surface area contributed by atoms with Crippen molar-refractivity contribution in [3.8, 4) is 0 Å². The Kier molecular flexibility index (Phi) is 5.41. The molecule has 0 amide bonds. The number of nitrogens with zero attached hydrogens (tertiary/aromatic N) is 3. The van der Waals surface area contributed by atoms with Crippen LogP contribution < -0.4 is 11.1 Å². The molecule has 5 nitrogen and oxygen atoms in total. The van der Waals surface area contributed by atoms with Crippen molar-refractivity contribution >= 4 is 21.8 Å². The van der Waals surface area contributed by atoms with Crippen molar-refractivity contribution < 1.29 is 0 Å². The molecule has 5 rings (SSSR count). The lowest BCUT2D eigenvalue weighted by molar-refractivity contribution is 0.183. The third-order valence-corrected chi connectivity index (χ3v) is 7.35. The van der Waals surface area contributed by atoms with E-state index >= 15 is 0 Å². The second kappa shape index (κ2) is 8.38. The Labute approximate surface area is 187 Å². The molecular formula is C27H29N3O2. The van der Waals surface area contributed by atoms with Gasteiger partial charge in [-0.15, -0.1) is 0 Å². The van der Waals surface area contributed by atoms with Gasteiger partial charge in [0.1, 0.15) is 0 Å². The summed E-state index contributed by atoms with van der Waals surface area (Å²) in [6, 6.07) is 15.9. The highest BCUT2D eigenvalue weighted by atomic mass is 16.1. The fourth-order valence-corrected chi connectivity index (χ4v) is 5.16. The number of hydrogen-bond acceptors (Lipinski definition) is 3. The summed E-state index contributed by atoms with van der Waals surface area (Å²) >= 11 is 0. The lowest BCUT2D eigenvalue weighted by Crippen LogP contribution is -2.33. The number of hydrogen-bond donors (Lipinski definition) is 0. The van der Waals surface area contributed by atoms with Gasteiger partial charge < -0.3 is 9.13 Å². The number of rotatable bonds is 4. The van der Waals surface area contributed by atoms with E-state index in [9.17, 15) is 9.59 Å². The van der Waals surface area contributed by atoms with E-state index in [4.69, 9.17) is 0 Å². The van der Waals surface area contributed by atoms with Gasteiger partial charge in [-0.2, -0.15) is 0 Å². The van der Waals surface area contributed by atoms with E-state index < -0.39 is 0 Å². The van der Waals surface area contributed by atoms with Crippen LogP contribution in [0.25, 0.3) is 21.8 Å². The molecule has 0 aliphatic heterocycles. The van der Waals surface area contributed by atoms with Crippen LogP contribution in [0.1, 0.15) is 44.7 Å². The lowest BCUT2D eigenvalue weighted by atomic mass is 9.78. The van der Waals surface area contributed by atoms with Crippen molar-refractivity contribution in [1.29, 1.82) is 0 Å². The summed E-state index contributed by atoms with van der Waals surface area (Å²) in [5.41, 5.74) is 2.34. The first-order valence-corrected chi connectivity index (χ1v) is 11.6. The highest BCUT2D eigenvalue weighted by molar-refractivity contribution is 5.91. The van der Waals surface area contributed by atoms with Crippen LogP contribution in [-0.2, 0) is 13.0 Å². The first-order chi connectivity index (χ1) is 15.5. The minimum Gasteiger partial charge on any atom is -0.315 e. The van der Waals surface area contributed by atoms with Gasteiger partial charge in [-0.05, 0) is 48.4 Å². The number of fused-ring (bicyclic) bond motifs is 2. The molecule has 0 bridgehead atoms. The number of aromatic nitrogens is 3. The molecular weight excluding hydrogens is 398 g/mol. The Morgan fingerprint density at radius 3 is 2.41 bits per heavy atom. The Morgan fingerprint density at radius 1 is 0.906 bits per heavy atom. The van der Waals surface area contributed by atoms with E-state index in [1.807, 2.05) is 41.1 Å². The Bertz CT molecular complexity index is 1390. The summed E-state index contributed by atoms with van der Waals surface area (Å²) in [6.07, 6.45) is 7.85. The maximum atomic E-state index is 13.4. The van der Waals surface area contributed by atoms with Crippen LogP contribution in [0.4, 0.5) is 0 Å². The van der Waals surface area contributed by atoms with E-state index in [1.165, 1.54) is 12.0 Å². The van der Waals surface area contributed by atoms with Crippen molar-refractivity contribution in [2.75, 3.05) is 0 Å². The van der Waals surface area contributed by atoms with Crippen molar-refractivity contribution in [3.63, 3.8) is 0 Å². The molecule has 1 aromatic carbocycles. The Balaban J connectivity index is 1.56. The molecule has 3 heterocycles. The van der Waals surface area contributed by atoms with Crippen LogP contribution >= 0.6 is 0 Å². The van der Waals surface area contributed by atoms with Gasteiger partial charge in [0.15, 0.2) is 0 Å². The van der Waals surface area contributed by atoms with Crippen LogP contribution in [0, 0.1) is 11.8 Å². The molecule has 1 saturated carbocycles. The summed E-state index contributed by atoms with van der Waals surface area (Å²) in [5, 5.41) is 1.04. The predicted molar refractivity (Wildman–Crippen MR) is 129 cm³/mol. The molecule has 3 atom stereocenters. The number of benzene rings is 1. The van der Waals surface area contributed by atoms with Gasteiger partial charge in [0.25, 0.3) is 11.1 Å². The topological polar surface area (TPSA) is 56.9 Å². The third-order valence-electron chi connectivity index (χ3n) is 7.35. The summed E-state index contributed by atoms with van der Waals surface area (Å²) in [4.78, 5) is 31.3. The number of pyridine rings is 3. The molecule has 5 heteroatoms. The fourth-order valence-electron chi connectivity index (χ4n) is 5.16. The largest absolute Gasteiger partial charge is 0.315 e. The van der Waals surface area contributed by atoms with E-state index in [1.54, 1.807) is 16.8 Å². The molecule has 164 valence electrons. The summed E-state index contributed by atoms with van der Waals surface area (Å²) in [6.45, 7) is 5.11. The highest BCUT2D eigenvalue weighted by Crippen LogP contribution is 2.37. The Hall–Kier alpha value is -3.21. The minimum atomic E-state index is -0.0951. The van der Waals surface area contributed by atoms with Crippen molar-refractivity contribution in [1.82, 2.24) is 14.1 Å². The van der Waals surface area contributed by atoms with Crippen LogP contribution in [0.5, 0.6) is 0 Å². The summed E-state index contributed by atoms with van der Waals surface area (Å²) < 4.78 is 3.60. The SMILES string of the molecule is C[C@H]1[C@H](C)CCC[C@@H]1n1ccc2nc3ccn(CCc4ccccc4)c(=O)c3cc2c1=O. The first-order valence-electron chi connectivity index (χ1n) is 11.6. The van der Waals surface area contributed by atoms with Gasteiger partial charge in [-0.3, -0.25) is 9.59 Å². The molecule has 0 N–H and O–H groups in total. The number of aryl methyl sites for hydroxylation is 2. The average molecular weight is 428 g/mol. The van der Waals surface area contributed by atoms with Gasteiger partial charge in [0, 0.05) is 25.0 Å². The van der Waals surface area contributed by atoms with Crippen LogP contribution in [0.15, 0.2) is 70.5 Å². The fraction of sp³-hybridized carbons (Fsp3) is 0.370. The van der Waals surface area contributed by atoms with Crippen molar-refractivity contribution in [3.05, 3.63) is 87.2 Å². The summed E-state index contributed by atoms with van der Waals surface area (Å²) in [7, 11) is 0.